The van der Waals surface area contributed by atoms with E-state index in [4.69, 9.17) is 0 Å². The van der Waals surface area contributed by atoms with Crippen LogP contribution in [0.25, 0.3) is 0 Å². The highest BCUT2D eigenvalue weighted by Crippen LogP contribution is 2.20. The lowest BCUT2D eigenvalue weighted by molar-refractivity contribution is -0.109. The van der Waals surface area contributed by atoms with Crippen molar-refractivity contribution in [2.24, 2.45) is 5.92 Å². The summed E-state index contributed by atoms with van der Waals surface area (Å²) in [6.07, 6.45) is 9.76. The van der Waals surface area contributed by atoms with Crippen molar-refractivity contribution in [1.82, 2.24) is 0 Å². The largest absolute Gasteiger partial charge is 0.303 e. The SMILES string of the molecule is C=C/C(CC=C(C)C)=C(\C=C/C)C(C)C=O. The van der Waals surface area contributed by atoms with Gasteiger partial charge in [-0.25, -0.2) is 0 Å². The van der Waals surface area contributed by atoms with Crippen molar-refractivity contribution in [3.63, 3.8) is 0 Å². The predicted molar refractivity (Wildman–Crippen MR) is 71.3 cm³/mol. The monoisotopic (exact) mass is 218 g/mol. The first-order chi connectivity index (χ1) is 7.56. The highest BCUT2D eigenvalue weighted by molar-refractivity contribution is 5.61. The molecule has 0 saturated heterocycles. The quantitative estimate of drug-likeness (QED) is 0.370. The normalized spacial score (nSPS) is 14.2. The number of aldehydes is 1. The zero-order chi connectivity index (χ0) is 12.6. The smallest absolute Gasteiger partial charge is 0.127 e. The van der Waals surface area contributed by atoms with Crippen molar-refractivity contribution in [3.05, 3.63) is 47.6 Å². The van der Waals surface area contributed by atoms with Crippen molar-refractivity contribution in [3.8, 4) is 0 Å². The summed E-state index contributed by atoms with van der Waals surface area (Å²) >= 11 is 0. The molecule has 0 rings (SSSR count). The van der Waals surface area contributed by atoms with Gasteiger partial charge in [-0.3, -0.25) is 0 Å². The molecule has 0 spiro atoms. The molecule has 0 aliphatic carbocycles. The molecule has 0 aromatic rings. The molecule has 0 bridgehead atoms. The second-order valence-electron chi connectivity index (χ2n) is 4.10. The summed E-state index contributed by atoms with van der Waals surface area (Å²) in [4.78, 5) is 10.9. The molecule has 0 fully saturated rings. The van der Waals surface area contributed by atoms with Crippen LogP contribution in [0.1, 0.15) is 34.1 Å². The van der Waals surface area contributed by atoms with Gasteiger partial charge in [0.15, 0.2) is 0 Å². The molecule has 1 atom stereocenters. The second kappa shape index (κ2) is 7.86. The lowest BCUT2D eigenvalue weighted by Crippen LogP contribution is -2.01. The molecule has 0 heterocycles. The molecule has 0 aromatic carbocycles. The zero-order valence-electron chi connectivity index (χ0n) is 10.8. The van der Waals surface area contributed by atoms with Gasteiger partial charge in [0.2, 0.25) is 0 Å². The third kappa shape index (κ3) is 4.92. The second-order valence-corrected chi connectivity index (χ2v) is 4.10. The summed E-state index contributed by atoms with van der Waals surface area (Å²) in [6.45, 7) is 11.8. The van der Waals surface area contributed by atoms with Gasteiger partial charge < -0.3 is 4.79 Å². The van der Waals surface area contributed by atoms with Gasteiger partial charge in [0, 0.05) is 5.92 Å². The number of hydrogen-bond acceptors (Lipinski definition) is 1. The lowest BCUT2D eigenvalue weighted by atomic mass is 9.94. The fourth-order valence-electron chi connectivity index (χ4n) is 1.44. The minimum absolute atomic E-state index is 0.0743. The van der Waals surface area contributed by atoms with E-state index < -0.39 is 0 Å². The van der Waals surface area contributed by atoms with Crippen LogP contribution in [0.15, 0.2) is 47.6 Å². The van der Waals surface area contributed by atoms with Crippen molar-refractivity contribution in [1.29, 1.82) is 0 Å². The van der Waals surface area contributed by atoms with E-state index in [0.29, 0.717) is 0 Å². The van der Waals surface area contributed by atoms with Gasteiger partial charge in [-0.2, -0.15) is 0 Å². The average molecular weight is 218 g/mol. The van der Waals surface area contributed by atoms with Crippen LogP contribution < -0.4 is 0 Å². The Morgan fingerprint density at radius 1 is 1.38 bits per heavy atom. The highest BCUT2D eigenvalue weighted by atomic mass is 16.1. The third-order valence-electron chi connectivity index (χ3n) is 2.39. The first kappa shape index (κ1) is 14.6. The number of rotatable bonds is 6. The summed E-state index contributed by atoms with van der Waals surface area (Å²) in [5.74, 6) is -0.0743. The molecule has 0 aliphatic heterocycles. The summed E-state index contributed by atoms with van der Waals surface area (Å²) in [5, 5.41) is 0. The van der Waals surface area contributed by atoms with E-state index in [9.17, 15) is 4.79 Å². The Bertz CT molecular complexity index is 325. The van der Waals surface area contributed by atoms with E-state index in [2.05, 4.69) is 26.5 Å². The molecule has 0 amide bonds. The van der Waals surface area contributed by atoms with Gasteiger partial charge in [0.05, 0.1) is 0 Å². The molecule has 0 aromatic heterocycles. The average Bonchev–Trinajstić information content (AvgIpc) is 2.27. The Morgan fingerprint density at radius 3 is 2.38 bits per heavy atom. The number of carbonyl (C=O) groups is 1. The topological polar surface area (TPSA) is 17.1 Å². The van der Waals surface area contributed by atoms with Gasteiger partial charge in [-0.15, -0.1) is 0 Å². The number of allylic oxidation sites excluding steroid dienone is 7. The molecule has 0 N–H and O–H groups in total. The fraction of sp³-hybridized carbons (Fsp3) is 0.400. The Labute approximate surface area is 99.3 Å². The van der Waals surface area contributed by atoms with Crippen molar-refractivity contribution < 1.29 is 4.79 Å². The Balaban J connectivity index is 5.23. The first-order valence-electron chi connectivity index (χ1n) is 5.63. The van der Waals surface area contributed by atoms with Crippen molar-refractivity contribution in [2.75, 3.05) is 0 Å². The van der Waals surface area contributed by atoms with E-state index >= 15 is 0 Å². The third-order valence-corrected chi connectivity index (χ3v) is 2.39. The Hall–Kier alpha value is -1.37. The summed E-state index contributed by atoms with van der Waals surface area (Å²) in [7, 11) is 0. The van der Waals surface area contributed by atoms with Gasteiger partial charge in [-0.1, -0.05) is 43.4 Å². The maximum absolute atomic E-state index is 10.9. The van der Waals surface area contributed by atoms with Crippen LogP contribution in [0.3, 0.4) is 0 Å². The van der Waals surface area contributed by atoms with Crippen LogP contribution in [0.5, 0.6) is 0 Å². The van der Waals surface area contributed by atoms with Crippen molar-refractivity contribution >= 4 is 6.29 Å². The van der Waals surface area contributed by atoms with E-state index in [0.717, 1.165) is 23.9 Å². The van der Waals surface area contributed by atoms with E-state index in [-0.39, 0.29) is 5.92 Å². The minimum Gasteiger partial charge on any atom is -0.303 e. The Kier molecular flexibility index (Phi) is 7.19. The fourth-order valence-corrected chi connectivity index (χ4v) is 1.44. The molecule has 1 nitrogen and oxygen atoms in total. The highest BCUT2D eigenvalue weighted by Gasteiger charge is 2.08. The van der Waals surface area contributed by atoms with Crippen LogP contribution in [-0.4, -0.2) is 6.29 Å². The predicted octanol–water partition coefficient (Wildman–Crippen LogP) is 4.24. The van der Waals surface area contributed by atoms with Crippen LogP contribution in [-0.2, 0) is 4.79 Å². The molecule has 0 aliphatic rings. The molecular weight excluding hydrogens is 196 g/mol. The Morgan fingerprint density at radius 2 is 2.00 bits per heavy atom. The van der Waals surface area contributed by atoms with Gasteiger partial charge in [0.1, 0.15) is 6.29 Å². The van der Waals surface area contributed by atoms with E-state index in [1.54, 1.807) is 0 Å². The molecule has 0 saturated carbocycles. The maximum Gasteiger partial charge on any atom is 0.127 e. The van der Waals surface area contributed by atoms with Crippen LogP contribution in [0.4, 0.5) is 0 Å². The lowest BCUT2D eigenvalue weighted by Gasteiger charge is -2.10. The number of hydrogen-bond donors (Lipinski definition) is 0. The zero-order valence-corrected chi connectivity index (χ0v) is 10.8. The molecular formula is C15H22O. The van der Waals surface area contributed by atoms with Crippen molar-refractivity contribution in [2.45, 2.75) is 34.1 Å². The van der Waals surface area contributed by atoms with Crippen LogP contribution >= 0.6 is 0 Å². The molecule has 1 unspecified atom stereocenters. The van der Waals surface area contributed by atoms with Gasteiger partial charge in [0.25, 0.3) is 0 Å². The number of carbonyl (C=O) groups excluding carboxylic acids is 1. The molecule has 0 radical (unpaired) electrons. The molecule has 16 heavy (non-hydrogen) atoms. The molecule has 88 valence electrons. The van der Waals surface area contributed by atoms with Crippen LogP contribution in [0, 0.1) is 5.92 Å². The van der Waals surface area contributed by atoms with Gasteiger partial charge in [-0.05, 0) is 38.3 Å². The maximum atomic E-state index is 10.9. The summed E-state index contributed by atoms with van der Waals surface area (Å²) in [5.41, 5.74) is 3.46. The standard InChI is InChI=1S/C15H22O/c1-6-8-15(13(5)11-16)14(7-2)10-9-12(3)4/h6-9,11,13H,2,10H2,1,3-5H3/b8-6-,15-14-. The van der Waals surface area contributed by atoms with E-state index in [1.165, 1.54) is 5.57 Å². The summed E-state index contributed by atoms with van der Waals surface area (Å²) < 4.78 is 0. The summed E-state index contributed by atoms with van der Waals surface area (Å²) in [6, 6.07) is 0. The first-order valence-corrected chi connectivity index (χ1v) is 5.63. The minimum atomic E-state index is -0.0743. The van der Waals surface area contributed by atoms with Gasteiger partial charge >= 0.3 is 0 Å². The van der Waals surface area contributed by atoms with Crippen LogP contribution in [0.2, 0.25) is 0 Å². The van der Waals surface area contributed by atoms with E-state index in [1.807, 2.05) is 32.1 Å². The molecule has 1 heteroatoms.